The summed E-state index contributed by atoms with van der Waals surface area (Å²) in [7, 11) is -1.48. The quantitative estimate of drug-likeness (QED) is 0.786. The minimum atomic E-state index is -3.22. The van der Waals surface area contributed by atoms with Gasteiger partial charge in [-0.2, -0.15) is 17.0 Å². The molecule has 3 aliphatic rings. The maximum absolute atomic E-state index is 12.5. The lowest BCUT2D eigenvalue weighted by Crippen LogP contribution is -2.48. The summed E-state index contributed by atoms with van der Waals surface area (Å²) in [6, 6.07) is 0.969. The molecule has 0 radical (unpaired) electrons. The van der Waals surface area contributed by atoms with E-state index in [2.05, 4.69) is 5.32 Å². The second-order valence-electron chi connectivity index (χ2n) is 6.30. The predicted octanol–water partition coefficient (Wildman–Crippen LogP) is 0.789. The Morgan fingerprint density at radius 1 is 1.21 bits per heavy atom. The smallest absolute Gasteiger partial charge is 0.281 e. The maximum atomic E-state index is 12.5. The molecule has 1 heterocycles. The van der Waals surface area contributed by atoms with E-state index in [-0.39, 0.29) is 6.04 Å². The fraction of sp³-hybridized carbons (Fsp3) is 1.00. The third-order valence-electron chi connectivity index (χ3n) is 4.51. The van der Waals surface area contributed by atoms with Crippen LogP contribution in [0.15, 0.2) is 0 Å². The molecule has 6 heteroatoms. The van der Waals surface area contributed by atoms with E-state index in [1.165, 1.54) is 12.8 Å². The maximum Gasteiger partial charge on any atom is 0.281 e. The van der Waals surface area contributed by atoms with Crippen molar-refractivity contribution >= 4 is 10.2 Å². The zero-order valence-electron chi connectivity index (χ0n) is 11.7. The van der Waals surface area contributed by atoms with Gasteiger partial charge in [-0.25, -0.2) is 0 Å². The van der Waals surface area contributed by atoms with Gasteiger partial charge in [0.1, 0.15) is 0 Å². The number of nitrogens with zero attached hydrogens (tertiary/aromatic N) is 2. The minimum Gasteiger partial charge on any atom is -0.314 e. The van der Waals surface area contributed by atoms with Crippen LogP contribution in [0.25, 0.3) is 0 Å². The summed E-state index contributed by atoms with van der Waals surface area (Å²) in [5.41, 5.74) is 0. The normalized spacial score (nSPS) is 29.9. The first-order chi connectivity index (χ1) is 9.07. The topological polar surface area (TPSA) is 52.7 Å². The molecule has 0 aromatic carbocycles. The van der Waals surface area contributed by atoms with Gasteiger partial charge in [-0.3, -0.25) is 0 Å². The monoisotopic (exact) mass is 287 g/mol. The molecular formula is C13H25N3O2S. The number of hydrogen-bond acceptors (Lipinski definition) is 3. The van der Waals surface area contributed by atoms with Crippen LogP contribution in [-0.4, -0.2) is 55.8 Å². The van der Waals surface area contributed by atoms with Crippen molar-refractivity contribution in [1.82, 2.24) is 13.9 Å². The van der Waals surface area contributed by atoms with E-state index < -0.39 is 10.2 Å². The van der Waals surface area contributed by atoms with E-state index in [0.717, 1.165) is 32.2 Å². The average Bonchev–Trinajstić information content (AvgIpc) is 3.29. The largest absolute Gasteiger partial charge is 0.314 e. The molecule has 1 unspecified atom stereocenters. The van der Waals surface area contributed by atoms with Crippen molar-refractivity contribution in [3.05, 3.63) is 0 Å². The Morgan fingerprint density at radius 3 is 2.58 bits per heavy atom. The summed E-state index contributed by atoms with van der Waals surface area (Å²) >= 11 is 0. The Bertz CT molecular complexity index is 418. The van der Waals surface area contributed by atoms with Crippen molar-refractivity contribution in [3.8, 4) is 0 Å². The highest BCUT2D eigenvalue weighted by atomic mass is 32.2. The molecule has 0 spiro atoms. The predicted molar refractivity (Wildman–Crippen MR) is 75.0 cm³/mol. The Balaban J connectivity index is 1.56. The number of hydrogen-bond donors (Lipinski definition) is 1. The summed E-state index contributed by atoms with van der Waals surface area (Å²) < 4.78 is 28.3. The zero-order chi connectivity index (χ0) is 13.5. The Hall–Kier alpha value is -0.170. The van der Waals surface area contributed by atoms with Crippen molar-refractivity contribution in [3.63, 3.8) is 0 Å². The van der Waals surface area contributed by atoms with Crippen LogP contribution >= 0.6 is 0 Å². The number of rotatable bonds is 6. The molecule has 0 aromatic rings. The van der Waals surface area contributed by atoms with E-state index in [1.807, 2.05) is 0 Å². The molecule has 5 nitrogen and oxygen atoms in total. The van der Waals surface area contributed by atoms with Crippen LogP contribution in [0.4, 0.5) is 0 Å². The molecule has 1 atom stereocenters. The average molecular weight is 287 g/mol. The fourth-order valence-electron chi connectivity index (χ4n) is 2.83. The third-order valence-corrected chi connectivity index (χ3v) is 6.52. The van der Waals surface area contributed by atoms with Crippen LogP contribution in [0, 0.1) is 5.92 Å². The van der Waals surface area contributed by atoms with E-state index >= 15 is 0 Å². The molecule has 2 aliphatic carbocycles. The molecule has 1 saturated heterocycles. The summed E-state index contributed by atoms with van der Waals surface area (Å²) in [6.07, 6.45) is 6.78. The first-order valence-corrected chi connectivity index (χ1v) is 8.93. The second-order valence-corrected chi connectivity index (χ2v) is 8.29. The molecule has 110 valence electrons. The van der Waals surface area contributed by atoms with Crippen molar-refractivity contribution in [2.75, 3.05) is 26.7 Å². The first kappa shape index (κ1) is 13.8. The highest BCUT2D eigenvalue weighted by molar-refractivity contribution is 7.86. The lowest BCUT2D eigenvalue weighted by atomic mass is 10.00. The lowest BCUT2D eigenvalue weighted by Gasteiger charge is -2.34. The minimum absolute atomic E-state index is 0.259. The Kier molecular flexibility index (Phi) is 3.86. The van der Waals surface area contributed by atoms with Gasteiger partial charge in [0.2, 0.25) is 0 Å². The number of piperidine rings is 1. The van der Waals surface area contributed by atoms with Gasteiger partial charge in [-0.05, 0) is 51.0 Å². The SMILES string of the molecule is CN(C1CC1)S(=O)(=O)N1CCCC(CNC2CC2)C1. The standard InChI is InChI=1S/C13H25N3O2S/c1-15(13-6-7-13)19(17,18)16-8-2-3-11(10-16)9-14-12-4-5-12/h11-14H,2-10H2,1H3. The van der Waals surface area contributed by atoms with E-state index in [9.17, 15) is 8.42 Å². The molecule has 0 bridgehead atoms. The van der Waals surface area contributed by atoms with E-state index in [4.69, 9.17) is 0 Å². The van der Waals surface area contributed by atoms with E-state index in [0.29, 0.717) is 25.0 Å². The highest BCUT2D eigenvalue weighted by Crippen LogP contribution is 2.30. The molecule has 19 heavy (non-hydrogen) atoms. The fourth-order valence-corrected chi connectivity index (χ4v) is 4.54. The second kappa shape index (κ2) is 5.31. The first-order valence-electron chi connectivity index (χ1n) is 7.54. The van der Waals surface area contributed by atoms with Crippen LogP contribution in [0.5, 0.6) is 0 Å². The molecule has 0 aromatic heterocycles. The molecule has 3 fully saturated rings. The molecule has 0 amide bonds. The van der Waals surface area contributed by atoms with Crippen LogP contribution < -0.4 is 5.32 Å². The van der Waals surface area contributed by atoms with Gasteiger partial charge in [-0.1, -0.05) is 0 Å². The van der Waals surface area contributed by atoms with Crippen molar-refractivity contribution in [1.29, 1.82) is 0 Å². The lowest BCUT2D eigenvalue weighted by molar-refractivity contribution is 0.245. The van der Waals surface area contributed by atoms with Gasteiger partial charge in [0.15, 0.2) is 0 Å². The molecular weight excluding hydrogens is 262 g/mol. The Labute approximate surface area is 116 Å². The zero-order valence-corrected chi connectivity index (χ0v) is 12.5. The summed E-state index contributed by atoms with van der Waals surface area (Å²) in [6.45, 7) is 2.36. The highest BCUT2D eigenvalue weighted by Gasteiger charge is 2.39. The van der Waals surface area contributed by atoms with Crippen LogP contribution in [0.3, 0.4) is 0 Å². The van der Waals surface area contributed by atoms with Gasteiger partial charge in [0.05, 0.1) is 0 Å². The number of nitrogens with one attached hydrogen (secondary N) is 1. The molecule has 1 aliphatic heterocycles. The van der Waals surface area contributed by atoms with Gasteiger partial charge in [0.25, 0.3) is 10.2 Å². The van der Waals surface area contributed by atoms with Crippen molar-refractivity contribution < 1.29 is 8.42 Å². The van der Waals surface area contributed by atoms with Gasteiger partial charge in [-0.15, -0.1) is 0 Å². The summed E-state index contributed by atoms with van der Waals surface area (Å²) in [4.78, 5) is 0. The Morgan fingerprint density at radius 2 is 1.95 bits per heavy atom. The molecule has 2 saturated carbocycles. The molecule has 3 rings (SSSR count). The van der Waals surface area contributed by atoms with E-state index in [1.54, 1.807) is 15.7 Å². The van der Waals surface area contributed by atoms with Crippen LogP contribution in [0.1, 0.15) is 38.5 Å². The van der Waals surface area contributed by atoms with Crippen LogP contribution in [0.2, 0.25) is 0 Å². The van der Waals surface area contributed by atoms with Gasteiger partial charge < -0.3 is 5.32 Å². The van der Waals surface area contributed by atoms with Gasteiger partial charge in [0, 0.05) is 32.2 Å². The summed E-state index contributed by atoms with van der Waals surface area (Å²) in [5, 5.41) is 3.53. The van der Waals surface area contributed by atoms with Gasteiger partial charge >= 0.3 is 0 Å². The van der Waals surface area contributed by atoms with Crippen molar-refractivity contribution in [2.24, 2.45) is 5.92 Å². The molecule has 1 N–H and O–H groups in total. The third kappa shape index (κ3) is 3.29. The van der Waals surface area contributed by atoms with Crippen molar-refractivity contribution in [2.45, 2.75) is 50.6 Å². The van der Waals surface area contributed by atoms with Crippen LogP contribution in [-0.2, 0) is 10.2 Å². The summed E-state index contributed by atoms with van der Waals surface area (Å²) in [5.74, 6) is 0.483.